The molecule has 0 radical (unpaired) electrons. The largest absolute Gasteiger partial charge is 0.368 e. The molecule has 35 heavy (non-hydrogen) atoms. The fraction of sp³-hybridized carbons (Fsp3) is 0.286. The van der Waals surface area contributed by atoms with Crippen LogP contribution in [-0.2, 0) is 4.79 Å². The summed E-state index contributed by atoms with van der Waals surface area (Å²) < 4.78 is 0.634. The molecule has 2 saturated heterocycles. The van der Waals surface area contributed by atoms with Crippen LogP contribution < -0.4 is 4.90 Å². The van der Waals surface area contributed by atoms with Crippen LogP contribution in [0.4, 0.5) is 5.69 Å². The van der Waals surface area contributed by atoms with Crippen LogP contribution in [0.1, 0.15) is 5.56 Å². The Morgan fingerprint density at radius 3 is 2.60 bits per heavy atom. The zero-order chi connectivity index (χ0) is 23.8. The fourth-order valence-corrected chi connectivity index (χ4v) is 6.52. The summed E-state index contributed by atoms with van der Waals surface area (Å²) in [5.74, 6) is 2.03. The van der Waals surface area contributed by atoms with Crippen molar-refractivity contribution < 1.29 is 9.39 Å². The van der Waals surface area contributed by atoms with Crippen molar-refractivity contribution in [3.8, 4) is 17.2 Å². The minimum Gasteiger partial charge on any atom is -0.368 e. The normalized spacial score (nSPS) is 23.7. The summed E-state index contributed by atoms with van der Waals surface area (Å²) in [5.41, 5.74) is 6.19. The van der Waals surface area contributed by atoms with Gasteiger partial charge in [-0.15, -0.1) is 16.8 Å². The smallest absolute Gasteiger partial charge is 0.256 e. The number of amides is 1. The molecule has 0 aromatic heterocycles. The van der Waals surface area contributed by atoms with Gasteiger partial charge in [0.15, 0.2) is 5.70 Å². The molecule has 0 aliphatic carbocycles. The first kappa shape index (κ1) is 22.2. The van der Waals surface area contributed by atoms with Crippen molar-refractivity contribution >= 4 is 23.4 Å². The van der Waals surface area contributed by atoms with Crippen LogP contribution in [0, 0.1) is 11.3 Å². The second kappa shape index (κ2) is 9.04. The second-order valence-corrected chi connectivity index (χ2v) is 10.4. The van der Waals surface area contributed by atoms with Gasteiger partial charge >= 0.3 is 0 Å². The molecule has 2 aromatic carbocycles. The number of rotatable bonds is 4. The summed E-state index contributed by atoms with van der Waals surface area (Å²) in [5, 5.41) is 12.0. The third-order valence-corrected chi connectivity index (χ3v) is 8.37. The Balaban J connectivity index is 1.21. The molecule has 4 aliphatic rings. The van der Waals surface area contributed by atoms with Crippen molar-refractivity contribution in [3.63, 3.8) is 0 Å². The van der Waals surface area contributed by atoms with Gasteiger partial charge in [-0.3, -0.25) is 4.79 Å². The van der Waals surface area contributed by atoms with Gasteiger partial charge in [0.2, 0.25) is 0 Å². The van der Waals surface area contributed by atoms with E-state index in [1.54, 1.807) is 0 Å². The van der Waals surface area contributed by atoms with Crippen LogP contribution in [0.2, 0.25) is 0 Å². The standard InChI is InChI=1S/C28H28N5OS/c29-19-22-8-9-27(26(17-22)23-5-2-1-3-6-23)30-10-12-32(13-11-30)33-15-4-7-25(33)18-24(20-33)28(34)31-14-16-35-21-31/h1-9,15,17-18H,10-14,16,20-21H2/q+1/t33-/m1/s1. The number of piperazine rings is 1. The lowest BCUT2D eigenvalue weighted by Gasteiger charge is -2.44. The lowest BCUT2D eigenvalue weighted by Crippen LogP contribution is -2.60. The van der Waals surface area contributed by atoms with Crippen LogP contribution in [0.3, 0.4) is 0 Å². The molecule has 0 saturated carbocycles. The Labute approximate surface area is 210 Å². The molecule has 6 nitrogen and oxygen atoms in total. The van der Waals surface area contributed by atoms with Gasteiger partial charge in [-0.05, 0) is 29.8 Å². The van der Waals surface area contributed by atoms with Gasteiger partial charge < -0.3 is 9.80 Å². The molecule has 6 rings (SSSR count). The predicted octanol–water partition coefficient (Wildman–Crippen LogP) is 3.96. The molecule has 2 aromatic rings. The summed E-state index contributed by atoms with van der Waals surface area (Å²) in [6.45, 7) is 5.12. The Kier molecular flexibility index (Phi) is 5.73. The van der Waals surface area contributed by atoms with Crippen molar-refractivity contribution in [1.82, 2.24) is 9.91 Å². The van der Waals surface area contributed by atoms with E-state index in [1.807, 2.05) is 47.0 Å². The number of hydrogen-bond donors (Lipinski definition) is 0. The van der Waals surface area contributed by atoms with Crippen LogP contribution >= 0.6 is 11.8 Å². The Bertz CT molecular complexity index is 1280. The van der Waals surface area contributed by atoms with Crippen molar-refractivity contribution in [2.75, 3.05) is 55.8 Å². The number of nitrogens with zero attached hydrogens (tertiary/aromatic N) is 5. The monoisotopic (exact) mass is 482 g/mol. The van der Waals surface area contributed by atoms with Gasteiger partial charge in [0, 0.05) is 48.8 Å². The number of benzene rings is 2. The van der Waals surface area contributed by atoms with Crippen molar-refractivity contribution in [2.24, 2.45) is 0 Å². The highest BCUT2D eigenvalue weighted by molar-refractivity contribution is 7.99. The number of hydrogen-bond acceptors (Lipinski definition) is 5. The van der Waals surface area contributed by atoms with Crippen LogP contribution in [0.15, 0.2) is 84.2 Å². The van der Waals surface area contributed by atoms with Gasteiger partial charge in [-0.2, -0.15) is 9.85 Å². The summed E-state index contributed by atoms with van der Waals surface area (Å²) in [7, 11) is 0. The predicted molar refractivity (Wildman–Crippen MR) is 140 cm³/mol. The van der Waals surface area contributed by atoms with Crippen molar-refractivity contribution in [3.05, 3.63) is 89.8 Å². The summed E-state index contributed by atoms with van der Waals surface area (Å²) >= 11 is 1.83. The molecule has 7 heteroatoms. The fourth-order valence-electron chi connectivity index (χ4n) is 5.58. The topological polar surface area (TPSA) is 50.6 Å². The van der Waals surface area contributed by atoms with E-state index in [1.165, 1.54) is 11.4 Å². The highest BCUT2D eigenvalue weighted by Crippen LogP contribution is 2.39. The number of carbonyl (C=O) groups excluding carboxylic acids is 1. The van der Waals surface area contributed by atoms with E-state index in [0.717, 1.165) is 61.1 Å². The number of fused-ring (bicyclic) bond motifs is 1. The first-order valence-corrected chi connectivity index (χ1v) is 13.3. The average molecular weight is 483 g/mol. The maximum atomic E-state index is 13.1. The average Bonchev–Trinajstić information content (AvgIpc) is 3.66. The zero-order valence-corrected chi connectivity index (χ0v) is 20.5. The highest BCUT2D eigenvalue weighted by Gasteiger charge is 2.48. The minimum atomic E-state index is 0.194. The Morgan fingerprint density at radius 1 is 1.03 bits per heavy atom. The molecule has 4 heterocycles. The Hall–Kier alpha value is -3.31. The second-order valence-electron chi connectivity index (χ2n) is 9.34. The summed E-state index contributed by atoms with van der Waals surface area (Å²) in [6, 6.07) is 18.6. The van der Waals surface area contributed by atoms with E-state index in [9.17, 15) is 10.1 Å². The molecule has 0 unspecified atom stereocenters. The first-order valence-electron chi connectivity index (χ1n) is 12.1. The van der Waals surface area contributed by atoms with Gasteiger partial charge in [0.1, 0.15) is 12.7 Å². The quantitative estimate of drug-likeness (QED) is 0.618. The summed E-state index contributed by atoms with van der Waals surface area (Å²) in [6.07, 6.45) is 8.63. The lowest BCUT2D eigenvalue weighted by molar-refractivity contribution is -0.948. The lowest BCUT2D eigenvalue weighted by atomic mass is 10.00. The molecule has 176 valence electrons. The highest BCUT2D eigenvalue weighted by atomic mass is 32.2. The summed E-state index contributed by atoms with van der Waals surface area (Å²) in [4.78, 5) is 17.5. The third kappa shape index (κ3) is 3.88. The number of quaternary nitrogens is 1. The van der Waals surface area contributed by atoms with Gasteiger partial charge in [0.05, 0.1) is 36.2 Å². The maximum absolute atomic E-state index is 13.1. The SMILES string of the molecule is N#Cc1ccc(N2CCN([N@@+]34C=CC=C3C=C(C(=O)N3CCSC3)C4)CC2)c(-c2ccccc2)c1. The molecule has 1 amide bonds. The van der Waals surface area contributed by atoms with Crippen LogP contribution in [-0.4, -0.2) is 71.3 Å². The van der Waals surface area contributed by atoms with E-state index < -0.39 is 0 Å². The van der Waals surface area contributed by atoms with Crippen LogP contribution in [0.5, 0.6) is 0 Å². The molecule has 0 N–H and O–H groups in total. The molecular formula is C28H28N5OS+. The minimum absolute atomic E-state index is 0.194. The molecule has 0 spiro atoms. The number of nitriles is 1. The zero-order valence-electron chi connectivity index (χ0n) is 19.6. The van der Waals surface area contributed by atoms with E-state index in [0.29, 0.717) is 16.7 Å². The molecule has 0 bridgehead atoms. The van der Waals surface area contributed by atoms with Gasteiger partial charge in [-0.25, -0.2) is 0 Å². The number of carbonyl (C=O) groups is 1. The molecular weight excluding hydrogens is 454 g/mol. The molecule has 1 atom stereocenters. The third-order valence-electron chi connectivity index (χ3n) is 7.41. The molecule has 2 fully saturated rings. The number of thioether (sulfide) groups is 1. The maximum Gasteiger partial charge on any atom is 0.256 e. The van der Waals surface area contributed by atoms with Gasteiger partial charge in [0.25, 0.3) is 5.91 Å². The van der Waals surface area contributed by atoms with E-state index in [2.05, 4.69) is 58.6 Å². The van der Waals surface area contributed by atoms with Crippen molar-refractivity contribution in [2.45, 2.75) is 0 Å². The number of anilines is 1. The van der Waals surface area contributed by atoms with E-state index >= 15 is 0 Å². The number of allylic oxidation sites excluding steroid dienone is 3. The Morgan fingerprint density at radius 2 is 1.86 bits per heavy atom. The first-order chi connectivity index (χ1) is 17.2. The van der Waals surface area contributed by atoms with E-state index in [-0.39, 0.29) is 5.91 Å². The van der Waals surface area contributed by atoms with E-state index in [4.69, 9.17) is 0 Å². The van der Waals surface area contributed by atoms with Gasteiger partial charge in [-0.1, -0.05) is 30.3 Å². The van der Waals surface area contributed by atoms with Crippen molar-refractivity contribution in [1.29, 1.82) is 5.26 Å². The molecule has 4 aliphatic heterocycles. The van der Waals surface area contributed by atoms with Crippen LogP contribution in [0.25, 0.3) is 11.1 Å².